The van der Waals surface area contributed by atoms with E-state index in [0.717, 1.165) is 64.2 Å². The molecule has 6 nitrogen and oxygen atoms in total. The SMILES string of the molecule is CCCC(C)(C)C(=O)N(Cc1ccc(F)[c-]c1F)CC1CCCO1.CCCC(C)(C)C(=O)N(Cc1ccc(F)[c-]c1F)CC1CCCO1.[C-]1=CC=CC1.[C-]1=CC=CC1.[Ti+4]. The summed E-state index contributed by atoms with van der Waals surface area (Å²) in [6.07, 6.45) is 27.0. The van der Waals surface area contributed by atoms with Crippen molar-refractivity contribution in [3.05, 3.63) is 119 Å². The largest absolute Gasteiger partial charge is 4.00 e. The fourth-order valence-electron chi connectivity index (χ4n) is 7.11. The third-order valence-electron chi connectivity index (χ3n) is 10.2. The first kappa shape index (κ1) is 51.8. The Bertz CT molecular complexity index is 1550. The van der Waals surface area contributed by atoms with Gasteiger partial charge in [0.1, 0.15) is 0 Å². The van der Waals surface area contributed by atoms with E-state index in [0.29, 0.717) is 26.3 Å². The van der Waals surface area contributed by atoms with Crippen molar-refractivity contribution in [1.29, 1.82) is 0 Å². The van der Waals surface area contributed by atoms with E-state index in [-0.39, 0.29) is 70.0 Å². The van der Waals surface area contributed by atoms with Crippen LogP contribution in [0.3, 0.4) is 0 Å². The van der Waals surface area contributed by atoms with Crippen molar-refractivity contribution in [3.8, 4) is 0 Å². The van der Waals surface area contributed by atoms with Crippen molar-refractivity contribution < 1.29 is 58.3 Å². The summed E-state index contributed by atoms with van der Waals surface area (Å²) >= 11 is 0. The molecule has 2 atom stereocenters. The first-order valence-electron chi connectivity index (χ1n) is 20.6. The minimum atomic E-state index is -0.742. The Labute approximate surface area is 366 Å². The second-order valence-electron chi connectivity index (χ2n) is 16.2. The van der Waals surface area contributed by atoms with E-state index in [2.05, 4.69) is 24.3 Å². The number of ether oxygens (including phenoxy) is 2. The molecule has 2 unspecified atom stereocenters. The van der Waals surface area contributed by atoms with Gasteiger partial charge in [0.25, 0.3) is 0 Å². The molecule has 2 aromatic carbocycles. The maximum atomic E-state index is 14.0. The molecule has 2 saturated heterocycles. The van der Waals surface area contributed by atoms with Crippen molar-refractivity contribution in [1.82, 2.24) is 9.80 Å². The normalized spacial score (nSPS) is 17.6. The van der Waals surface area contributed by atoms with Gasteiger partial charge in [-0.3, -0.25) is 21.7 Å². The van der Waals surface area contributed by atoms with Crippen LogP contribution in [-0.4, -0.2) is 60.1 Å². The number of carbonyl (C=O) groups excluding carboxylic acids is 2. The number of benzene rings is 2. The monoisotopic (exact) mass is 854 g/mol. The van der Waals surface area contributed by atoms with Crippen molar-refractivity contribution in [2.75, 3.05) is 26.3 Å². The van der Waals surface area contributed by atoms with Crippen LogP contribution in [0.4, 0.5) is 17.6 Å². The van der Waals surface area contributed by atoms with E-state index in [1.54, 1.807) is 9.80 Å². The molecule has 59 heavy (non-hydrogen) atoms. The summed E-state index contributed by atoms with van der Waals surface area (Å²) in [5, 5.41) is 0. The van der Waals surface area contributed by atoms with E-state index >= 15 is 0 Å². The number of hydrogen-bond acceptors (Lipinski definition) is 4. The molecule has 11 heteroatoms. The Balaban J connectivity index is 0.000000323. The molecule has 0 bridgehead atoms. The summed E-state index contributed by atoms with van der Waals surface area (Å²) in [5.74, 6) is -3.01. The number of rotatable bonds is 14. The van der Waals surface area contributed by atoms with Crippen LogP contribution in [0.5, 0.6) is 0 Å². The molecule has 2 amide bonds. The zero-order valence-corrected chi connectivity index (χ0v) is 37.3. The van der Waals surface area contributed by atoms with Gasteiger partial charge in [0.2, 0.25) is 11.8 Å². The van der Waals surface area contributed by atoms with E-state index in [9.17, 15) is 27.2 Å². The smallest absolute Gasteiger partial charge is 0.376 e. The molecule has 2 aliphatic carbocycles. The maximum absolute atomic E-state index is 14.0. The Morgan fingerprint density at radius 2 is 1.07 bits per heavy atom. The van der Waals surface area contributed by atoms with Crippen LogP contribution in [0.2, 0.25) is 0 Å². The van der Waals surface area contributed by atoms with E-state index < -0.39 is 34.1 Å². The van der Waals surface area contributed by atoms with Gasteiger partial charge in [-0.1, -0.05) is 54.4 Å². The minimum Gasteiger partial charge on any atom is -0.376 e. The van der Waals surface area contributed by atoms with Gasteiger partial charge in [-0.25, -0.2) is 41.9 Å². The summed E-state index contributed by atoms with van der Waals surface area (Å²) < 4.78 is 65.3. The van der Waals surface area contributed by atoms with Crippen LogP contribution in [0, 0.1) is 58.4 Å². The third-order valence-corrected chi connectivity index (χ3v) is 10.2. The molecule has 0 spiro atoms. The van der Waals surface area contributed by atoms with Crippen molar-refractivity contribution in [2.24, 2.45) is 10.8 Å². The molecule has 2 heterocycles. The zero-order chi connectivity index (χ0) is 42.6. The molecule has 2 fully saturated rings. The molecule has 2 aromatic rings. The van der Waals surface area contributed by atoms with Crippen LogP contribution in [-0.2, 0) is 53.9 Å². The summed E-state index contributed by atoms with van der Waals surface area (Å²) in [6.45, 7) is 14.2. The summed E-state index contributed by atoms with van der Waals surface area (Å²) in [4.78, 5) is 29.3. The minimum absolute atomic E-state index is 0. The first-order valence-corrected chi connectivity index (χ1v) is 20.6. The second kappa shape index (κ2) is 26.8. The average molecular weight is 855 g/mol. The maximum Gasteiger partial charge on any atom is 4.00 e. The number of amides is 2. The molecule has 0 radical (unpaired) electrons. The van der Waals surface area contributed by atoms with Crippen molar-refractivity contribution in [3.63, 3.8) is 0 Å². The molecule has 320 valence electrons. The van der Waals surface area contributed by atoms with Crippen molar-refractivity contribution >= 4 is 11.8 Å². The number of allylic oxidation sites excluding steroid dienone is 8. The van der Waals surface area contributed by atoms with E-state index in [1.807, 2.05) is 78.0 Å². The summed E-state index contributed by atoms with van der Waals surface area (Å²) in [7, 11) is 0. The molecule has 4 aliphatic rings. The van der Waals surface area contributed by atoms with Gasteiger partial charge in [-0.2, -0.15) is 24.3 Å². The number of hydrogen-bond donors (Lipinski definition) is 0. The Hall–Kier alpha value is -3.31. The fraction of sp³-hybridized carbons (Fsp3) is 0.542. The molecular formula is C48H62F4N2O4Ti. The zero-order valence-electron chi connectivity index (χ0n) is 35.8. The Morgan fingerprint density at radius 1 is 0.678 bits per heavy atom. The van der Waals surface area contributed by atoms with Crippen LogP contribution < -0.4 is 0 Å². The molecule has 0 saturated carbocycles. The standard InChI is InChI=1S/2C19H26F2NO2.2C5H5.Ti/c2*1-4-9-19(2,3)18(23)22(13-16-6-5-10-24-16)12-14-7-8-15(20)11-17(14)21;2*1-2-4-5-3-1;/h2*7-8,16H,4-6,9-10,12-13H2,1-3H3;2*1-3H,4H2;/q4*-1;+4. The number of carbonyl (C=O) groups is 2. The number of halogens is 4. The fourth-order valence-corrected chi connectivity index (χ4v) is 7.11. The van der Waals surface area contributed by atoms with E-state index in [4.69, 9.17) is 9.47 Å². The van der Waals surface area contributed by atoms with E-state index in [1.165, 1.54) is 24.3 Å². The van der Waals surface area contributed by atoms with Gasteiger partial charge in [0.05, 0.1) is 12.2 Å². The van der Waals surface area contributed by atoms with Gasteiger partial charge >= 0.3 is 21.7 Å². The average Bonchev–Trinajstić information content (AvgIpc) is 4.03. The third kappa shape index (κ3) is 18.5. The topological polar surface area (TPSA) is 59.1 Å². The van der Waals surface area contributed by atoms with Gasteiger partial charge in [-0.15, -0.1) is 48.2 Å². The Kier molecular flexibility index (Phi) is 23.6. The Morgan fingerprint density at radius 3 is 1.32 bits per heavy atom. The summed E-state index contributed by atoms with van der Waals surface area (Å²) in [6, 6.07) is 9.18. The number of nitrogens with zero attached hydrogens (tertiary/aromatic N) is 2. The second-order valence-corrected chi connectivity index (χ2v) is 16.2. The first-order chi connectivity index (χ1) is 27.7. The quantitative estimate of drug-likeness (QED) is 0.108. The molecular weight excluding hydrogens is 792 g/mol. The van der Waals surface area contributed by atoms with Gasteiger partial charge in [0.15, 0.2) is 0 Å². The van der Waals surface area contributed by atoms with Crippen molar-refractivity contribution in [2.45, 2.75) is 131 Å². The van der Waals surface area contributed by atoms with Gasteiger partial charge in [0, 0.05) is 73.5 Å². The molecule has 6 rings (SSSR count). The predicted octanol–water partition coefficient (Wildman–Crippen LogP) is 10.8. The van der Waals surface area contributed by atoms with Gasteiger partial charge in [-0.05, 0) is 38.5 Å². The van der Waals surface area contributed by atoms with Crippen LogP contribution in [0.1, 0.15) is 117 Å². The van der Waals surface area contributed by atoms with Crippen LogP contribution in [0.25, 0.3) is 0 Å². The van der Waals surface area contributed by atoms with Gasteiger partial charge < -0.3 is 19.3 Å². The molecule has 0 aromatic heterocycles. The predicted molar refractivity (Wildman–Crippen MR) is 220 cm³/mol. The van der Waals surface area contributed by atoms with Crippen LogP contribution in [0.15, 0.2) is 60.7 Å². The molecule has 2 aliphatic heterocycles. The summed E-state index contributed by atoms with van der Waals surface area (Å²) in [5.41, 5.74) is -0.494. The van der Waals surface area contributed by atoms with Crippen LogP contribution >= 0.6 is 0 Å². The molecule has 0 N–H and O–H groups in total.